The number of carbonyl (C=O) groups is 3. The summed E-state index contributed by atoms with van der Waals surface area (Å²) in [5, 5.41) is 0. The van der Waals surface area contributed by atoms with Crippen LogP contribution in [0.4, 0.5) is 0 Å². The maximum absolute atomic E-state index is 12.7. The predicted molar refractivity (Wildman–Crippen MR) is 297 cm³/mol. The van der Waals surface area contributed by atoms with Gasteiger partial charge in [-0.1, -0.05) is 237 Å². The van der Waals surface area contributed by atoms with Gasteiger partial charge in [0.15, 0.2) is 6.10 Å². The SMILES string of the molecule is CC/C=C\C/C=C\C/C=C\C/C=C\C/C=C\C/C=C\C/C=C\CCCCCC(=O)OCC(COC(=O)CCCCCCCCCCCCC)OC(=O)C/C=C\C/C=C\C/C=C\C/C=C\C/C=C\CC. The van der Waals surface area contributed by atoms with E-state index in [1.165, 1.54) is 51.4 Å². The number of unbranched alkanes of at least 4 members (excludes halogenated alkanes) is 13. The lowest BCUT2D eigenvalue weighted by molar-refractivity contribution is -0.166. The van der Waals surface area contributed by atoms with Crippen LogP contribution in [0.3, 0.4) is 0 Å². The van der Waals surface area contributed by atoms with Crippen LogP contribution in [0.5, 0.6) is 0 Å². The molecule has 0 amide bonds. The first-order valence-electron chi connectivity index (χ1n) is 27.3. The van der Waals surface area contributed by atoms with Gasteiger partial charge < -0.3 is 14.2 Å². The highest BCUT2D eigenvalue weighted by Gasteiger charge is 2.19. The van der Waals surface area contributed by atoms with E-state index in [0.717, 1.165) is 116 Å². The molecule has 0 aromatic heterocycles. The molecule has 0 saturated heterocycles. The third-order valence-corrected chi connectivity index (χ3v) is 10.9. The second kappa shape index (κ2) is 55.9. The highest BCUT2D eigenvalue weighted by Crippen LogP contribution is 2.13. The van der Waals surface area contributed by atoms with Crippen molar-refractivity contribution < 1.29 is 28.6 Å². The second-order valence-electron chi connectivity index (χ2n) is 17.4. The lowest BCUT2D eigenvalue weighted by Gasteiger charge is -2.18. The van der Waals surface area contributed by atoms with Gasteiger partial charge in [-0.25, -0.2) is 0 Å². The monoisotopic (exact) mass is 951 g/mol. The second-order valence-corrected chi connectivity index (χ2v) is 17.4. The summed E-state index contributed by atoms with van der Waals surface area (Å²) in [5.41, 5.74) is 0. The average molecular weight is 951 g/mol. The zero-order valence-electron chi connectivity index (χ0n) is 44.0. The van der Waals surface area contributed by atoms with Gasteiger partial charge in [0.05, 0.1) is 6.42 Å². The molecule has 6 nitrogen and oxygen atoms in total. The van der Waals surface area contributed by atoms with Gasteiger partial charge in [-0.05, 0) is 103 Å². The van der Waals surface area contributed by atoms with Crippen molar-refractivity contribution in [3.63, 3.8) is 0 Å². The predicted octanol–water partition coefficient (Wildman–Crippen LogP) is 18.4. The van der Waals surface area contributed by atoms with E-state index < -0.39 is 12.1 Å². The molecule has 0 saturated carbocycles. The summed E-state index contributed by atoms with van der Waals surface area (Å²) in [7, 11) is 0. The molecule has 0 rings (SSSR count). The fourth-order valence-corrected chi connectivity index (χ4v) is 6.85. The molecular weight excluding hydrogens is 853 g/mol. The number of carbonyl (C=O) groups excluding carboxylic acids is 3. The van der Waals surface area contributed by atoms with Gasteiger partial charge in [0.2, 0.25) is 0 Å². The molecule has 0 spiro atoms. The fourth-order valence-electron chi connectivity index (χ4n) is 6.85. The van der Waals surface area contributed by atoms with Crippen LogP contribution in [0.15, 0.2) is 146 Å². The third kappa shape index (κ3) is 54.1. The lowest BCUT2D eigenvalue weighted by atomic mass is 10.1. The van der Waals surface area contributed by atoms with E-state index in [2.05, 4.69) is 154 Å². The molecule has 0 heterocycles. The number of allylic oxidation sites excluding steroid dienone is 23. The van der Waals surface area contributed by atoms with Crippen LogP contribution in [-0.4, -0.2) is 37.2 Å². The van der Waals surface area contributed by atoms with Crippen LogP contribution in [0.1, 0.15) is 213 Å². The van der Waals surface area contributed by atoms with Gasteiger partial charge in [0.25, 0.3) is 0 Å². The standard InChI is InChI=1S/C63H98O6/c1-4-7-10-13-16-19-22-24-26-27-28-29-30-31-32-33-34-35-37-38-41-44-47-50-53-56-62(65)68-59-60(58-67-61(64)55-52-49-46-43-40-21-18-15-12-9-6-3)69-63(66)57-54-51-48-45-42-39-36-25-23-20-17-14-11-8-5-2/h7-8,10-11,16-17,19-20,24-26,28-29,31-32,34-36,38,41-42,45,51,54,60H,4-6,9,12-15,18,21-23,27,30,33,37,39-40,43-44,46-50,52-53,55-59H2,1-3H3/b10-7-,11-8-,19-16-,20-17-,26-24-,29-28-,32-31-,35-34-,36-25-,41-38-,45-42-,54-51-. The molecular formula is C63H98O6. The summed E-state index contributed by atoms with van der Waals surface area (Å²) >= 11 is 0. The largest absolute Gasteiger partial charge is 0.462 e. The van der Waals surface area contributed by atoms with E-state index in [-0.39, 0.29) is 31.6 Å². The Morgan fingerprint density at radius 3 is 0.957 bits per heavy atom. The van der Waals surface area contributed by atoms with Crippen molar-refractivity contribution in [1.29, 1.82) is 0 Å². The Morgan fingerprint density at radius 2 is 0.609 bits per heavy atom. The van der Waals surface area contributed by atoms with E-state index in [0.29, 0.717) is 19.3 Å². The van der Waals surface area contributed by atoms with Crippen molar-refractivity contribution in [2.75, 3.05) is 13.2 Å². The molecule has 69 heavy (non-hydrogen) atoms. The fraction of sp³-hybridized carbons (Fsp3) is 0.571. The molecule has 1 atom stereocenters. The van der Waals surface area contributed by atoms with Crippen molar-refractivity contribution in [3.8, 4) is 0 Å². The summed E-state index contributed by atoms with van der Waals surface area (Å²) < 4.78 is 16.7. The zero-order chi connectivity index (χ0) is 50.0. The molecule has 0 radical (unpaired) electrons. The topological polar surface area (TPSA) is 78.9 Å². The molecule has 0 N–H and O–H groups in total. The Labute approximate surface area is 423 Å². The van der Waals surface area contributed by atoms with Crippen molar-refractivity contribution in [2.45, 2.75) is 219 Å². The molecule has 0 bridgehead atoms. The zero-order valence-corrected chi connectivity index (χ0v) is 44.0. The van der Waals surface area contributed by atoms with Gasteiger partial charge in [0.1, 0.15) is 13.2 Å². The summed E-state index contributed by atoms with van der Waals surface area (Å²) in [6.45, 7) is 6.27. The van der Waals surface area contributed by atoms with Crippen molar-refractivity contribution in [3.05, 3.63) is 146 Å². The Hall–Kier alpha value is -4.71. The Kier molecular flexibility index (Phi) is 52.1. The Bertz CT molecular complexity index is 1560. The van der Waals surface area contributed by atoms with Gasteiger partial charge in [-0.2, -0.15) is 0 Å². The van der Waals surface area contributed by atoms with Crippen LogP contribution in [0.2, 0.25) is 0 Å². The van der Waals surface area contributed by atoms with Crippen LogP contribution in [0.25, 0.3) is 0 Å². The van der Waals surface area contributed by atoms with Gasteiger partial charge >= 0.3 is 17.9 Å². The summed E-state index contributed by atoms with van der Waals surface area (Å²) in [5.74, 6) is -1.11. The number of hydrogen-bond acceptors (Lipinski definition) is 6. The molecule has 1 unspecified atom stereocenters. The van der Waals surface area contributed by atoms with Gasteiger partial charge in [-0.3, -0.25) is 14.4 Å². The molecule has 386 valence electrons. The average Bonchev–Trinajstić information content (AvgIpc) is 3.35. The summed E-state index contributed by atoms with van der Waals surface area (Å²) in [6.07, 6.45) is 80.1. The lowest BCUT2D eigenvalue weighted by Crippen LogP contribution is -2.30. The molecule has 0 aromatic carbocycles. The highest BCUT2D eigenvalue weighted by molar-refractivity contribution is 5.72. The maximum Gasteiger partial charge on any atom is 0.310 e. The Balaban J connectivity index is 4.51. The highest BCUT2D eigenvalue weighted by atomic mass is 16.6. The van der Waals surface area contributed by atoms with Crippen molar-refractivity contribution in [1.82, 2.24) is 0 Å². The molecule has 0 aliphatic carbocycles. The number of rotatable bonds is 47. The first kappa shape index (κ1) is 64.3. The third-order valence-electron chi connectivity index (χ3n) is 10.9. The molecule has 0 fully saturated rings. The van der Waals surface area contributed by atoms with E-state index >= 15 is 0 Å². The van der Waals surface area contributed by atoms with E-state index in [9.17, 15) is 14.4 Å². The van der Waals surface area contributed by atoms with Crippen molar-refractivity contribution in [2.24, 2.45) is 0 Å². The first-order chi connectivity index (χ1) is 34.0. The van der Waals surface area contributed by atoms with Crippen LogP contribution in [-0.2, 0) is 28.6 Å². The maximum atomic E-state index is 12.7. The van der Waals surface area contributed by atoms with E-state index in [1.807, 2.05) is 6.08 Å². The number of ether oxygens (including phenoxy) is 3. The smallest absolute Gasteiger partial charge is 0.310 e. The molecule has 6 heteroatoms. The normalized spacial score (nSPS) is 13.3. The van der Waals surface area contributed by atoms with Crippen LogP contribution in [0, 0.1) is 0 Å². The first-order valence-corrected chi connectivity index (χ1v) is 27.3. The van der Waals surface area contributed by atoms with Crippen LogP contribution < -0.4 is 0 Å². The van der Waals surface area contributed by atoms with E-state index in [4.69, 9.17) is 14.2 Å². The minimum atomic E-state index is -0.850. The molecule has 0 aliphatic rings. The quantitative estimate of drug-likeness (QED) is 0.0262. The number of hydrogen-bond donors (Lipinski definition) is 0. The van der Waals surface area contributed by atoms with Gasteiger partial charge in [-0.15, -0.1) is 0 Å². The number of esters is 3. The van der Waals surface area contributed by atoms with E-state index in [1.54, 1.807) is 6.08 Å². The summed E-state index contributed by atoms with van der Waals surface area (Å²) in [4.78, 5) is 37.9. The van der Waals surface area contributed by atoms with Gasteiger partial charge in [0, 0.05) is 12.8 Å². The minimum Gasteiger partial charge on any atom is -0.462 e. The Morgan fingerprint density at radius 1 is 0.319 bits per heavy atom. The van der Waals surface area contributed by atoms with Crippen molar-refractivity contribution >= 4 is 17.9 Å². The summed E-state index contributed by atoms with van der Waals surface area (Å²) in [6, 6.07) is 0. The molecule has 0 aromatic rings. The molecule has 0 aliphatic heterocycles. The minimum absolute atomic E-state index is 0.0838. The van der Waals surface area contributed by atoms with Crippen LogP contribution >= 0.6 is 0 Å².